The van der Waals surface area contributed by atoms with Gasteiger partial charge in [0.25, 0.3) is 0 Å². The van der Waals surface area contributed by atoms with E-state index in [0.29, 0.717) is 23.2 Å². The van der Waals surface area contributed by atoms with Crippen LogP contribution < -0.4 is 0 Å². The third-order valence-electron chi connectivity index (χ3n) is 16.3. The normalized spacial score (nSPS) is 11.6. The topological polar surface area (TPSA) is 57.8 Å². The van der Waals surface area contributed by atoms with Crippen molar-refractivity contribution in [2.24, 2.45) is 0 Å². The summed E-state index contributed by atoms with van der Waals surface area (Å²) >= 11 is 0. The average Bonchev–Trinajstić information content (AvgIpc) is 3.93. The minimum absolute atomic E-state index is 0.559. The monoisotopic (exact) mass is 1060 g/mol. The van der Waals surface area contributed by atoms with Crippen molar-refractivity contribution in [1.82, 2.24) is 28.7 Å². The molecule has 0 spiro atoms. The van der Waals surface area contributed by atoms with Crippen LogP contribution in [0.2, 0.25) is 0 Å². The molecule has 0 bridgehead atoms. The Balaban J connectivity index is 0.993. The van der Waals surface area contributed by atoms with Crippen LogP contribution in [-0.4, -0.2) is 28.7 Å². The van der Waals surface area contributed by atoms with Gasteiger partial charge in [-0.15, -0.1) is 0 Å². The second-order valence-electron chi connectivity index (χ2n) is 21.0. The molecule has 7 heteroatoms. The predicted molar refractivity (Wildman–Crippen MR) is 342 cm³/mol. The quantitative estimate of drug-likeness (QED) is 0.135. The molecule has 0 aliphatic heterocycles. The van der Waals surface area contributed by atoms with Crippen molar-refractivity contribution in [2.75, 3.05) is 0 Å². The van der Waals surface area contributed by atoms with Crippen molar-refractivity contribution in [3.8, 4) is 84.6 Å². The van der Waals surface area contributed by atoms with Gasteiger partial charge in [0.05, 0.1) is 45.4 Å². The maximum Gasteiger partial charge on any atom is 0.187 e. The lowest BCUT2D eigenvalue weighted by Crippen LogP contribution is -2.04. The molecule has 0 amide bonds. The highest BCUT2D eigenvalue weighted by Crippen LogP contribution is 2.46. The Bertz CT molecular complexity index is 4910. The van der Waals surface area contributed by atoms with Crippen LogP contribution in [0.1, 0.15) is 0 Å². The molecular formula is C76H47N7. The molecule has 0 atom stereocenters. The molecule has 0 aliphatic carbocycles. The fourth-order valence-corrected chi connectivity index (χ4v) is 12.5. The maximum absolute atomic E-state index is 7.82. The van der Waals surface area contributed by atoms with Gasteiger partial charge in [0.1, 0.15) is 0 Å². The summed E-state index contributed by atoms with van der Waals surface area (Å²) in [7, 11) is 0. The van der Waals surface area contributed by atoms with E-state index in [0.717, 1.165) is 111 Å². The van der Waals surface area contributed by atoms with Crippen LogP contribution in [0, 0.1) is 6.57 Å². The van der Waals surface area contributed by atoms with E-state index in [4.69, 9.17) is 21.5 Å². The zero-order valence-corrected chi connectivity index (χ0v) is 44.8. The Kier molecular flexibility index (Phi) is 11.1. The van der Waals surface area contributed by atoms with Crippen LogP contribution in [-0.2, 0) is 0 Å². The lowest BCUT2D eigenvalue weighted by molar-refractivity contribution is 1.07. The number of rotatable bonds is 9. The molecule has 0 unspecified atom stereocenters. The van der Waals surface area contributed by atoms with Gasteiger partial charge < -0.3 is 13.7 Å². The van der Waals surface area contributed by atoms with Crippen molar-refractivity contribution in [2.45, 2.75) is 0 Å². The third-order valence-corrected chi connectivity index (χ3v) is 16.3. The molecule has 386 valence electrons. The Morgan fingerprint density at radius 3 is 1.05 bits per heavy atom. The minimum Gasteiger partial charge on any atom is -0.309 e. The van der Waals surface area contributed by atoms with Crippen molar-refractivity contribution >= 4 is 71.1 Å². The van der Waals surface area contributed by atoms with E-state index in [1.165, 1.54) is 21.5 Å². The molecule has 0 saturated heterocycles. The van der Waals surface area contributed by atoms with Crippen LogP contribution in [0.5, 0.6) is 0 Å². The van der Waals surface area contributed by atoms with E-state index in [-0.39, 0.29) is 0 Å². The Morgan fingerprint density at radius 2 is 0.602 bits per heavy atom. The van der Waals surface area contributed by atoms with Crippen LogP contribution in [0.4, 0.5) is 5.69 Å². The summed E-state index contributed by atoms with van der Waals surface area (Å²) in [6.07, 6.45) is 0. The molecule has 0 aliphatic rings. The molecule has 16 rings (SSSR count). The summed E-state index contributed by atoms with van der Waals surface area (Å²) in [6.45, 7) is 7.82. The van der Waals surface area contributed by atoms with E-state index in [1.807, 2.05) is 54.6 Å². The van der Waals surface area contributed by atoms with E-state index < -0.39 is 0 Å². The highest BCUT2D eigenvalue weighted by molar-refractivity contribution is 6.13. The lowest BCUT2D eigenvalue weighted by atomic mass is 9.92. The first-order valence-corrected chi connectivity index (χ1v) is 27.9. The van der Waals surface area contributed by atoms with Crippen LogP contribution >= 0.6 is 0 Å². The van der Waals surface area contributed by atoms with Crippen molar-refractivity contribution in [1.29, 1.82) is 0 Å². The average molecular weight is 1060 g/mol. The summed E-state index contributed by atoms with van der Waals surface area (Å²) in [5.41, 5.74) is 19.2. The maximum atomic E-state index is 7.82. The summed E-state index contributed by atoms with van der Waals surface area (Å²) in [5.74, 6) is 1.74. The standard InChI is InChI=1S/C76H47N7/c1-77-56-24-18-23-53(45-56)54-39-44-72-66(46-54)63-29-12-17-34-71(63)83(72)73-64(49-35-40-57(41-36-49)81-67-30-13-8-25-59(67)60-26-9-14-31-68(60)81)47-55(76-79-74(51-19-4-2-5-20-51)78-75(80-76)52-21-6-3-7-22-52)48-65(73)50-37-42-58(43-38-50)82-69-32-15-10-27-61(69)62-28-11-16-33-70(62)82/h2-48H. The van der Waals surface area contributed by atoms with Gasteiger partial charge in [0, 0.05) is 71.5 Å². The van der Waals surface area contributed by atoms with Gasteiger partial charge in [0.2, 0.25) is 0 Å². The van der Waals surface area contributed by atoms with Crippen molar-refractivity contribution in [3.63, 3.8) is 0 Å². The minimum atomic E-state index is 0.559. The summed E-state index contributed by atoms with van der Waals surface area (Å²) in [4.78, 5) is 19.7. The SMILES string of the molecule is [C-]#[N+]c1cccc(-c2ccc3c(c2)c2ccccc2n3-c2c(-c3ccc(-n4c5ccccc5c5ccccc54)cc3)cc(-c3nc(-c4ccccc4)nc(-c4ccccc4)n3)cc2-c2ccc(-n3c4ccccc4c4ccccc43)cc2)c1. The molecule has 12 aromatic carbocycles. The molecule has 0 radical (unpaired) electrons. The fourth-order valence-electron chi connectivity index (χ4n) is 12.5. The zero-order valence-electron chi connectivity index (χ0n) is 44.8. The van der Waals surface area contributed by atoms with Crippen molar-refractivity contribution in [3.05, 3.63) is 297 Å². The number of fused-ring (bicyclic) bond motifs is 9. The van der Waals surface area contributed by atoms with Gasteiger partial charge in [-0.1, -0.05) is 200 Å². The number of para-hydroxylation sites is 5. The first kappa shape index (κ1) is 47.5. The Labute approximate surface area is 478 Å². The number of aromatic nitrogens is 6. The van der Waals surface area contributed by atoms with Crippen LogP contribution in [0.15, 0.2) is 285 Å². The molecule has 0 fully saturated rings. The van der Waals surface area contributed by atoms with Gasteiger partial charge in [0.15, 0.2) is 23.2 Å². The highest BCUT2D eigenvalue weighted by atomic mass is 15.0. The molecular weight excluding hydrogens is 1010 g/mol. The molecule has 7 nitrogen and oxygen atoms in total. The molecule has 83 heavy (non-hydrogen) atoms. The number of benzene rings is 12. The first-order chi connectivity index (χ1) is 41.1. The van der Waals surface area contributed by atoms with Crippen LogP contribution in [0.3, 0.4) is 0 Å². The summed E-state index contributed by atoms with van der Waals surface area (Å²) in [5, 5.41) is 7.08. The van der Waals surface area contributed by atoms with Crippen LogP contribution in [0.25, 0.3) is 155 Å². The van der Waals surface area contributed by atoms with E-state index in [2.05, 4.69) is 249 Å². The summed E-state index contributed by atoms with van der Waals surface area (Å²) in [6, 6.07) is 101. The fraction of sp³-hybridized carbons (Fsp3) is 0. The lowest BCUT2D eigenvalue weighted by Gasteiger charge is -2.22. The smallest absolute Gasteiger partial charge is 0.187 e. The van der Waals surface area contributed by atoms with Crippen molar-refractivity contribution < 1.29 is 0 Å². The Morgan fingerprint density at radius 1 is 0.253 bits per heavy atom. The van der Waals surface area contributed by atoms with E-state index >= 15 is 0 Å². The predicted octanol–water partition coefficient (Wildman–Crippen LogP) is 19.7. The molecule has 4 aromatic heterocycles. The number of hydrogen-bond acceptors (Lipinski definition) is 3. The van der Waals surface area contributed by atoms with Gasteiger partial charge >= 0.3 is 0 Å². The Hall–Kier alpha value is -11.5. The second-order valence-corrected chi connectivity index (χ2v) is 21.0. The highest BCUT2D eigenvalue weighted by Gasteiger charge is 2.25. The van der Waals surface area contributed by atoms with E-state index in [1.54, 1.807) is 0 Å². The second kappa shape index (κ2) is 19.4. The molecule has 16 aromatic rings. The molecule has 4 heterocycles. The third kappa shape index (κ3) is 7.92. The van der Waals surface area contributed by atoms with Gasteiger partial charge in [-0.05, 0) is 107 Å². The summed E-state index contributed by atoms with van der Waals surface area (Å²) < 4.78 is 7.20. The van der Waals surface area contributed by atoms with Gasteiger partial charge in [-0.2, -0.15) is 0 Å². The van der Waals surface area contributed by atoms with Gasteiger partial charge in [-0.3, -0.25) is 0 Å². The van der Waals surface area contributed by atoms with Gasteiger partial charge in [-0.25, -0.2) is 19.8 Å². The largest absolute Gasteiger partial charge is 0.309 e. The molecule has 0 N–H and O–H groups in total. The first-order valence-electron chi connectivity index (χ1n) is 27.9. The zero-order chi connectivity index (χ0) is 55.0. The number of nitrogens with zero attached hydrogens (tertiary/aromatic N) is 7. The van der Waals surface area contributed by atoms with E-state index in [9.17, 15) is 0 Å². The molecule has 0 saturated carbocycles. The number of hydrogen-bond donors (Lipinski definition) is 0.